The summed E-state index contributed by atoms with van der Waals surface area (Å²) < 4.78 is 61.7. The fourth-order valence-electron chi connectivity index (χ4n) is 2.17. The Labute approximate surface area is 161 Å². The van der Waals surface area contributed by atoms with Crippen molar-refractivity contribution in [2.45, 2.75) is 11.1 Å². The number of sulfonamides is 1. The van der Waals surface area contributed by atoms with Crippen LogP contribution in [0.2, 0.25) is 0 Å². The summed E-state index contributed by atoms with van der Waals surface area (Å²) in [5, 5.41) is 11.1. The molecule has 0 saturated heterocycles. The van der Waals surface area contributed by atoms with E-state index in [1.807, 2.05) is 17.5 Å². The van der Waals surface area contributed by atoms with Crippen LogP contribution in [0, 0.1) is 0 Å². The molecule has 2 aromatic heterocycles. The van der Waals surface area contributed by atoms with E-state index in [2.05, 4.69) is 15.5 Å². The molecule has 0 aliphatic heterocycles. The summed E-state index contributed by atoms with van der Waals surface area (Å²) in [6.45, 7) is -1.67. The molecular weight excluding hydrogens is 417 g/mol. The van der Waals surface area contributed by atoms with Crippen molar-refractivity contribution in [3.05, 3.63) is 53.5 Å². The first-order valence-electron chi connectivity index (χ1n) is 7.71. The van der Waals surface area contributed by atoms with Crippen LogP contribution in [0.3, 0.4) is 0 Å². The van der Waals surface area contributed by atoms with Crippen LogP contribution in [-0.2, 0) is 10.0 Å². The van der Waals surface area contributed by atoms with Gasteiger partial charge in [-0.3, -0.25) is 9.89 Å². The van der Waals surface area contributed by atoms with Crippen LogP contribution in [0.4, 0.5) is 18.9 Å². The maximum Gasteiger partial charge on any atom is 0.402 e. The van der Waals surface area contributed by atoms with Crippen molar-refractivity contribution in [2.75, 3.05) is 11.9 Å². The van der Waals surface area contributed by atoms with E-state index in [0.717, 1.165) is 17.0 Å². The van der Waals surface area contributed by atoms with E-state index in [1.165, 1.54) is 28.2 Å². The zero-order chi connectivity index (χ0) is 20.4. The third-order valence-corrected chi connectivity index (χ3v) is 5.80. The standard InChI is InChI=1S/C16H13F3N4O3S2/c17-16(18,19)9-20-28(25,26)11-5-3-10(4-6-11)21-15(24)13-8-12(22-23-13)14-2-1-7-27-14/h1-8,20H,9H2,(H,21,24)(H,22,23). The summed E-state index contributed by atoms with van der Waals surface area (Å²) in [6.07, 6.45) is -4.66. The van der Waals surface area contributed by atoms with Crippen LogP contribution in [0.25, 0.3) is 10.6 Å². The molecule has 0 atom stereocenters. The smallest absolute Gasteiger partial charge is 0.321 e. The lowest BCUT2D eigenvalue weighted by Gasteiger charge is -2.10. The molecule has 0 unspecified atom stereocenters. The Bertz CT molecular complexity index is 1060. The van der Waals surface area contributed by atoms with Gasteiger partial charge in [-0.25, -0.2) is 13.1 Å². The minimum atomic E-state index is -4.66. The van der Waals surface area contributed by atoms with Gasteiger partial charge in [0.15, 0.2) is 5.69 Å². The van der Waals surface area contributed by atoms with Crippen LogP contribution in [-0.4, -0.2) is 37.2 Å². The van der Waals surface area contributed by atoms with Crippen LogP contribution < -0.4 is 10.0 Å². The number of alkyl halides is 3. The number of benzene rings is 1. The van der Waals surface area contributed by atoms with Gasteiger partial charge in [-0.15, -0.1) is 11.3 Å². The first-order valence-corrected chi connectivity index (χ1v) is 10.1. The first kappa shape index (κ1) is 20.0. The summed E-state index contributed by atoms with van der Waals surface area (Å²) in [4.78, 5) is 12.8. The van der Waals surface area contributed by atoms with Gasteiger partial charge in [-0.05, 0) is 41.8 Å². The van der Waals surface area contributed by atoms with Crippen LogP contribution in [0.15, 0.2) is 52.7 Å². The molecule has 3 aromatic rings. The number of thiophene rings is 1. The summed E-state index contributed by atoms with van der Waals surface area (Å²) in [6, 6.07) is 10.0. The highest BCUT2D eigenvalue weighted by Crippen LogP contribution is 2.23. The molecule has 1 amide bonds. The highest BCUT2D eigenvalue weighted by atomic mass is 32.2. The number of halogens is 3. The number of nitrogens with zero attached hydrogens (tertiary/aromatic N) is 1. The summed E-state index contributed by atoms with van der Waals surface area (Å²) in [7, 11) is -4.31. The third-order valence-electron chi connectivity index (χ3n) is 3.48. The zero-order valence-electron chi connectivity index (χ0n) is 13.9. The maximum absolute atomic E-state index is 12.2. The number of carbonyl (C=O) groups is 1. The predicted octanol–water partition coefficient (Wildman–Crippen LogP) is 3.23. The minimum absolute atomic E-state index is 0.131. The maximum atomic E-state index is 12.2. The fourth-order valence-corrected chi connectivity index (χ4v) is 3.88. The van der Waals surface area contributed by atoms with Crippen molar-refractivity contribution in [2.24, 2.45) is 0 Å². The van der Waals surface area contributed by atoms with Gasteiger partial charge < -0.3 is 5.32 Å². The number of nitrogens with one attached hydrogen (secondary N) is 3. The Hall–Kier alpha value is -2.70. The zero-order valence-corrected chi connectivity index (χ0v) is 15.6. The van der Waals surface area contributed by atoms with E-state index >= 15 is 0 Å². The Morgan fingerprint density at radius 2 is 1.89 bits per heavy atom. The Balaban J connectivity index is 1.66. The number of aromatic amines is 1. The molecule has 1 aromatic carbocycles. The number of anilines is 1. The lowest BCUT2D eigenvalue weighted by Crippen LogP contribution is -2.33. The molecule has 148 valence electrons. The quantitative estimate of drug-likeness (QED) is 0.559. The average Bonchev–Trinajstić information content (AvgIpc) is 3.31. The monoisotopic (exact) mass is 430 g/mol. The Kier molecular flexibility index (Phi) is 5.54. The van der Waals surface area contributed by atoms with Crippen molar-refractivity contribution in [1.29, 1.82) is 0 Å². The van der Waals surface area contributed by atoms with E-state index in [9.17, 15) is 26.4 Å². The van der Waals surface area contributed by atoms with E-state index in [4.69, 9.17) is 0 Å². The highest BCUT2D eigenvalue weighted by molar-refractivity contribution is 7.89. The largest absolute Gasteiger partial charge is 0.402 e. The normalized spacial score (nSPS) is 12.1. The van der Waals surface area contributed by atoms with Gasteiger partial charge in [0.25, 0.3) is 5.91 Å². The SMILES string of the molecule is O=C(Nc1ccc(S(=O)(=O)NCC(F)(F)F)cc1)c1cc(-c2cccs2)[nH]n1. The lowest BCUT2D eigenvalue weighted by molar-refractivity contribution is -0.121. The van der Waals surface area contributed by atoms with Crippen molar-refractivity contribution >= 4 is 33.0 Å². The molecular formula is C16H13F3N4O3S2. The van der Waals surface area contributed by atoms with Crippen molar-refractivity contribution < 1.29 is 26.4 Å². The average molecular weight is 430 g/mol. The second-order valence-corrected chi connectivity index (χ2v) is 8.28. The Morgan fingerprint density at radius 3 is 2.50 bits per heavy atom. The van der Waals surface area contributed by atoms with Gasteiger partial charge in [0, 0.05) is 5.69 Å². The van der Waals surface area contributed by atoms with Gasteiger partial charge in [0.1, 0.15) is 6.54 Å². The molecule has 2 heterocycles. The number of H-pyrrole nitrogens is 1. The summed E-state index contributed by atoms with van der Waals surface area (Å²) >= 11 is 1.48. The van der Waals surface area contributed by atoms with Crippen LogP contribution >= 0.6 is 11.3 Å². The highest BCUT2D eigenvalue weighted by Gasteiger charge is 2.30. The van der Waals surface area contributed by atoms with Crippen LogP contribution in [0.5, 0.6) is 0 Å². The molecule has 0 radical (unpaired) electrons. The van der Waals surface area contributed by atoms with E-state index in [0.29, 0.717) is 5.69 Å². The van der Waals surface area contributed by atoms with Gasteiger partial charge in [0.2, 0.25) is 10.0 Å². The number of hydrogen-bond donors (Lipinski definition) is 3. The fraction of sp³-hybridized carbons (Fsp3) is 0.125. The molecule has 7 nitrogen and oxygen atoms in total. The number of rotatable bonds is 6. The van der Waals surface area contributed by atoms with Crippen molar-refractivity contribution in [3.8, 4) is 10.6 Å². The number of amides is 1. The molecule has 0 fully saturated rings. The molecule has 28 heavy (non-hydrogen) atoms. The summed E-state index contributed by atoms with van der Waals surface area (Å²) in [5.41, 5.74) is 1.07. The Morgan fingerprint density at radius 1 is 1.18 bits per heavy atom. The molecule has 0 bridgehead atoms. The number of aromatic nitrogens is 2. The molecule has 3 rings (SSSR count). The summed E-state index contributed by atoms with van der Waals surface area (Å²) in [5.74, 6) is -0.523. The van der Waals surface area contributed by atoms with Gasteiger partial charge in [0.05, 0.1) is 15.5 Å². The molecule has 3 N–H and O–H groups in total. The van der Waals surface area contributed by atoms with E-state index < -0.39 is 28.7 Å². The second kappa shape index (κ2) is 7.73. The molecule has 0 aliphatic rings. The molecule has 0 aliphatic carbocycles. The topological polar surface area (TPSA) is 104 Å². The lowest BCUT2D eigenvalue weighted by atomic mass is 10.3. The van der Waals surface area contributed by atoms with E-state index in [1.54, 1.807) is 6.07 Å². The molecule has 12 heteroatoms. The second-order valence-electron chi connectivity index (χ2n) is 5.56. The third kappa shape index (κ3) is 4.97. The number of carbonyl (C=O) groups excluding carboxylic acids is 1. The first-order chi connectivity index (χ1) is 13.1. The molecule has 0 spiro atoms. The predicted molar refractivity (Wildman–Crippen MR) is 97.5 cm³/mol. The van der Waals surface area contributed by atoms with Gasteiger partial charge in [-0.2, -0.15) is 18.3 Å². The molecule has 0 saturated carbocycles. The van der Waals surface area contributed by atoms with Crippen LogP contribution in [0.1, 0.15) is 10.5 Å². The van der Waals surface area contributed by atoms with Crippen molar-refractivity contribution in [3.63, 3.8) is 0 Å². The van der Waals surface area contributed by atoms with E-state index in [-0.39, 0.29) is 16.3 Å². The van der Waals surface area contributed by atoms with Gasteiger partial charge >= 0.3 is 6.18 Å². The minimum Gasteiger partial charge on any atom is -0.321 e. The van der Waals surface area contributed by atoms with Crippen molar-refractivity contribution in [1.82, 2.24) is 14.9 Å². The number of hydrogen-bond acceptors (Lipinski definition) is 5. The van der Waals surface area contributed by atoms with Gasteiger partial charge in [-0.1, -0.05) is 6.07 Å².